The minimum atomic E-state index is -0.442. The lowest BCUT2D eigenvalue weighted by atomic mass is 10.2. The Kier molecular flexibility index (Phi) is 4.61. The summed E-state index contributed by atoms with van der Waals surface area (Å²) in [7, 11) is 1.54. The van der Waals surface area contributed by atoms with Crippen LogP contribution in [0.1, 0.15) is 20.9 Å². The minimum absolute atomic E-state index is 0.115. The highest BCUT2D eigenvalue weighted by atomic mass is 19.1. The predicted molar refractivity (Wildman–Crippen MR) is 91.9 cm³/mol. The van der Waals surface area contributed by atoms with Crippen LogP contribution in [0, 0.1) is 5.82 Å². The molecular weight excluding hydrogens is 323 g/mol. The summed E-state index contributed by atoms with van der Waals surface area (Å²) in [5.74, 6) is -0.451. The van der Waals surface area contributed by atoms with Gasteiger partial charge in [0.15, 0.2) is 5.76 Å². The Balaban J connectivity index is 1.76. The van der Waals surface area contributed by atoms with E-state index in [4.69, 9.17) is 4.42 Å². The number of carbonyl (C=O) groups is 2. The summed E-state index contributed by atoms with van der Waals surface area (Å²) < 4.78 is 18.5. The Morgan fingerprint density at radius 2 is 1.72 bits per heavy atom. The van der Waals surface area contributed by atoms with E-state index in [1.54, 1.807) is 42.5 Å². The van der Waals surface area contributed by atoms with E-state index in [9.17, 15) is 14.0 Å². The topological polar surface area (TPSA) is 71.3 Å². The van der Waals surface area contributed by atoms with E-state index in [-0.39, 0.29) is 17.5 Å². The van der Waals surface area contributed by atoms with Crippen LogP contribution >= 0.6 is 0 Å². The molecule has 3 aromatic rings. The fourth-order valence-electron chi connectivity index (χ4n) is 2.30. The maximum atomic E-state index is 13.0. The van der Waals surface area contributed by atoms with Gasteiger partial charge in [-0.25, -0.2) is 4.39 Å². The zero-order valence-electron chi connectivity index (χ0n) is 13.4. The molecule has 0 saturated heterocycles. The van der Waals surface area contributed by atoms with Crippen LogP contribution in [0.5, 0.6) is 0 Å². The molecule has 0 spiro atoms. The number of hydrogen-bond donors (Lipinski definition) is 2. The summed E-state index contributed by atoms with van der Waals surface area (Å²) in [6.07, 6.45) is 0. The molecule has 0 aliphatic rings. The van der Waals surface area contributed by atoms with Gasteiger partial charge in [0.25, 0.3) is 11.8 Å². The second-order valence-electron chi connectivity index (χ2n) is 5.28. The van der Waals surface area contributed by atoms with Crippen molar-refractivity contribution in [2.75, 3.05) is 12.4 Å². The van der Waals surface area contributed by atoms with Crippen LogP contribution in [0.3, 0.4) is 0 Å². The third-order valence-corrected chi connectivity index (χ3v) is 3.57. The number of carbonyl (C=O) groups excluding carboxylic acids is 2. The van der Waals surface area contributed by atoms with Gasteiger partial charge in [-0.2, -0.15) is 0 Å². The van der Waals surface area contributed by atoms with Gasteiger partial charge in [0.2, 0.25) is 0 Å². The van der Waals surface area contributed by atoms with Crippen LogP contribution in [0.2, 0.25) is 0 Å². The zero-order chi connectivity index (χ0) is 17.8. The van der Waals surface area contributed by atoms with Crippen molar-refractivity contribution >= 4 is 17.5 Å². The van der Waals surface area contributed by atoms with E-state index < -0.39 is 5.91 Å². The lowest BCUT2D eigenvalue weighted by molar-refractivity contribution is 0.0960. The van der Waals surface area contributed by atoms with Gasteiger partial charge in [0.05, 0.1) is 0 Å². The van der Waals surface area contributed by atoms with E-state index >= 15 is 0 Å². The monoisotopic (exact) mass is 338 g/mol. The molecule has 2 amide bonds. The summed E-state index contributed by atoms with van der Waals surface area (Å²) >= 11 is 0. The van der Waals surface area contributed by atoms with E-state index in [1.165, 1.54) is 25.2 Å². The third kappa shape index (κ3) is 3.74. The van der Waals surface area contributed by atoms with Gasteiger partial charge in [-0.3, -0.25) is 9.59 Å². The van der Waals surface area contributed by atoms with E-state index in [0.29, 0.717) is 22.6 Å². The SMILES string of the molecule is CNC(=O)c1cccc(NC(=O)c2ccc(-c3ccc(F)cc3)o2)c1. The molecule has 0 aliphatic carbocycles. The van der Waals surface area contributed by atoms with Gasteiger partial charge in [-0.05, 0) is 54.6 Å². The first-order valence-electron chi connectivity index (χ1n) is 7.56. The Bertz CT molecular complexity index is 916. The Morgan fingerprint density at radius 1 is 0.960 bits per heavy atom. The molecule has 2 aromatic carbocycles. The Morgan fingerprint density at radius 3 is 2.44 bits per heavy atom. The van der Waals surface area contributed by atoms with E-state index in [2.05, 4.69) is 10.6 Å². The van der Waals surface area contributed by atoms with Crippen molar-refractivity contribution in [1.29, 1.82) is 0 Å². The molecule has 126 valence electrons. The van der Waals surface area contributed by atoms with Crippen LogP contribution in [0.25, 0.3) is 11.3 Å². The van der Waals surface area contributed by atoms with Gasteiger partial charge >= 0.3 is 0 Å². The second-order valence-corrected chi connectivity index (χ2v) is 5.28. The minimum Gasteiger partial charge on any atom is -0.451 e. The molecule has 0 unspecified atom stereocenters. The largest absolute Gasteiger partial charge is 0.451 e. The van der Waals surface area contributed by atoms with Crippen LogP contribution in [-0.2, 0) is 0 Å². The van der Waals surface area contributed by atoms with Gasteiger partial charge in [0.1, 0.15) is 11.6 Å². The summed E-state index contributed by atoms with van der Waals surface area (Å²) in [6.45, 7) is 0. The highest BCUT2D eigenvalue weighted by Gasteiger charge is 2.13. The number of amides is 2. The molecule has 1 aromatic heterocycles. The Hall–Kier alpha value is -3.41. The zero-order valence-corrected chi connectivity index (χ0v) is 13.4. The maximum absolute atomic E-state index is 13.0. The lowest BCUT2D eigenvalue weighted by Crippen LogP contribution is -2.18. The van der Waals surface area contributed by atoms with Crippen molar-refractivity contribution in [2.24, 2.45) is 0 Å². The van der Waals surface area contributed by atoms with Gasteiger partial charge in [-0.15, -0.1) is 0 Å². The van der Waals surface area contributed by atoms with Crippen molar-refractivity contribution in [3.05, 3.63) is 77.8 Å². The van der Waals surface area contributed by atoms with Crippen LogP contribution in [0.15, 0.2) is 65.1 Å². The molecular formula is C19H15FN2O3. The van der Waals surface area contributed by atoms with Crippen LogP contribution in [0.4, 0.5) is 10.1 Å². The molecule has 0 fully saturated rings. The first-order valence-corrected chi connectivity index (χ1v) is 7.56. The second kappa shape index (κ2) is 7.00. The summed E-state index contributed by atoms with van der Waals surface area (Å²) in [5, 5.41) is 5.20. The number of halogens is 1. The quantitative estimate of drug-likeness (QED) is 0.762. The highest BCUT2D eigenvalue weighted by Crippen LogP contribution is 2.23. The molecule has 0 saturated carbocycles. The summed E-state index contributed by atoms with van der Waals surface area (Å²) in [5.41, 5.74) is 1.58. The average Bonchev–Trinajstić information content (AvgIpc) is 3.12. The summed E-state index contributed by atoms with van der Waals surface area (Å²) in [6, 6.07) is 15.5. The van der Waals surface area contributed by atoms with Gasteiger partial charge in [-0.1, -0.05) is 6.07 Å². The van der Waals surface area contributed by atoms with Crippen molar-refractivity contribution in [1.82, 2.24) is 5.32 Å². The predicted octanol–water partition coefficient (Wildman–Crippen LogP) is 3.70. The van der Waals surface area contributed by atoms with Gasteiger partial charge in [0, 0.05) is 23.9 Å². The molecule has 6 heteroatoms. The maximum Gasteiger partial charge on any atom is 0.291 e. The van der Waals surface area contributed by atoms with Crippen LogP contribution < -0.4 is 10.6 Å². The number of furan rings is 1. The number of rotatable bonds is 4. The normalized spacial score (nSPS) is 10.3. The van der Waals surface area contributed by atoms with E-state index in [1.807, 2.05) is 0 Å². The molecule has 0 bridgehead atoms. The summed E-state index contributed by atoms with van der Waals surface area (Å²) in [4.78, 5) is 23.9. The third-order valence-electron chi connectivity index (χ3n) is 3.57. The molecule has 0 aliphatic heterocycles. The highest BCUT2D eigenvalue weighted by molar-refractivity contribution is 6.03. The Labute approximate surface area is 143 Å². The fraction of sp³-hybridized carbons (Fsp3) is 0.0526. The van der Waals surface area contributed by atoms with Crippen molar-refractivity contribution in [3.8, 4) is 11.3 Å². The van der Waals surface area contributed by atoms with Crippen molar-refractivity contribution < 1.29 is 18.4 Å². The molecule has 2 N–H and O–H groups in total. The molecule has 1 heterocycles. The molecule has 0 atom stereocenters. The van der Waals surface area contributed by atoms with E-state index in [0.717, 1.165) is 0 Å². The number of nitrogens with one attached hydrogen (secondary N) is 2. The van der Waals surface area contributed by atoms with Crippen molar-refractivity contribution in [3.63, 3.8) is 0 Å². The van der Waals surface area contributed by atoms with Crippen LogP contribution in [-0.4, -0.2) is 18.9 Å². The molecule has 5 nitrogen and oxygen atoms in total. The lowest BCUT2D eigenvalue weighted by Gasteiger charge is -2.05. The van der Waals surface area contributed by atoms with Crippen molar-refractivity contribution in [2.45, 2.75) is 0 Å². The smallest absolute Gasteiger partial charge is 0.291 e. The molecule has 0 radical (unpaired) electrons. The molecule has 3 rings (SSSR count). The first-order chi connectivity index (χ1) is 12.1. The average molecular weight is 338 g/mol. The number of anilines is 1. The molecule has 25 heavy (non-hydrogen) atoms. The first kappa shape index (κ1) is 16.4. The van der Waals surface area contributed by atoms with Gasteiger partial charge < -0.3 is 15.1 Å². The fourth-order valence-corrected chi connectivity index (χ4v) is 2.30. The number of hydrogen-bond acceptors (Lipinski definition) is 3. The standard InChI is InChI=1S/C19H15FN2O3/c1-21-18(23)13-3-2-4-15(11-13)22-19(24)17-10-9-16(25-17)12-5-7-14(20)8-6-12/h2-11H,1H3,(H,21,23)(H,22,24). The number of benzene rings is 2.